The number of carbonyl (C=O) groups is 1. The monoisotopic (exact) mass is 486 g/mol. The van der Waals surface area contributed by atoms with Crippen molar-refractivity contribution in [2.45, 2.75) is 13.0 Å². The van der Waals surface area contributed by atoms with Crippen LogP contribution in [0.4, 0.5) is 5.69 Å². The maximum atomic E-state index is 13.6. The Hall–Kier alpha value is -3.81. The van der Waals surface area contributed by atoms with Crippen LogP contribution in [0.5, 0.6) is 0 Å². The molecular weight excluding hydrogens is 468 g/mol. The number of hydrogen-bond acceptors (Lipinski definition) is 5. The van der Waals surface area contributed by atoms with Gasteiger partial charge >= 0.3 is 0 Å². The maximum absolute atomic E-state index is 13.6. The van der Waals surface area contributed by atoms with Gasteiger partial charge in [-0.25, -0.2) is 4.99 Å². The van der Waals surface area contributed by atoms with E-state index in [4.69, 9.17) is 11.6 Å². The summed E-state index contributed by atoms with van der Waals surface area (Å²) in [6.07, 6.45) is 5.17. The number of aromatic nitrogens is 2. The highest BCUT2D eigenvalue weighted by molar-refractivity contribution is 7.07. The van der Waals surface area contributed by atoms with Gasteiger partial charge in [0.15, 0.2) is 4.80 Å². The Bertz CT molecular complexity index is 1570. The minimum absolute atomic E-state index is 0.210. The number of thiazole rings is 1. The van der Waals surface area contributed by atoms with E-state index in [1.807, 2.05) is 60.7 Å². The van der Waals surface area contributed by atoms with E-state index in [1.165, 1.54) is 11.3 Å². The second-order valence-electron chi connectivity index (χ2n) is 7.73. The molecule has 0 bridgehead atoms. The zero-order valence-corrected chi connectivity index (χ0v) is 19.7. The molecule has 4 aromatic rings. The molecule has 2 aromatic carbocycles. The number of hydrogen-bond donors (Lipinski definition) is 1. The summed E-state index contributed by atoms with van der Waals surface area (Å²) in [7, 11) is 0. The van der Waals surface area contributed by atoms with Gasteiger partial charge in [-0.1, -0.05) is 53.3 Å². The van der Waals surface area contributed by atoms with Crippen LogP contribution in [0.1, 0.15) is 24.1 Å². The van der Waals surface area contributed by atoms with Gasteiger partial charge in [0.05, 0.1) is 21.8 Å². The molecule has 0 spiro atoms. The highest BCUT2D eigenvalue weighted by Gasteiger charge is 2.32. The van der Waals surface area contributed by atoms with Gasteiger partial charge in [-0.3, -0.25) is 19.1 Å². The van der Waals surface area contributed by atoms with Gasteiger partial charge < -0.3 is 5.32 Å². The minimum Gasteiger partial charge on any atom is -0.322 e. The lowest BCUT2D eigenvalue weighted by atomic mass is 9.95. The van der Waals surface area contributed by atoms with Crippen molar-refractivity contribution in [3.63, 3.8) is 0 Å². The molecule has 0 saturated carbocycles. The first kappa shape index (κ1) is 22.0. The van der Waals surface area contributed by atoms with Crippen molar-refractivity contribution in [2.24, 2.45) is 4.99 Å². The average molecular weight is 487 g/mol. The second-order valence-corrected chi connectivity index (χ2v) is 9.18. The molecule has 0 aliphatic carbocycles. The van der Waals surface area contributed by atoms with Gasteiger partial charge in [0, 0.05) is 23.1 Å². The zero-order chi connectivity index (χ0) is 23.7. The van der Waals surface area contributed by atoms with Gasteiger partial charge in [0.2, 0.25) is 0 Å². The maximum Gasteiger partial charge on any atom is 0.271 e. The van der Waals surface area contributed by atoms with Crippen LogP contribution in [0.3, 0.4) is 0 Å². The Morgan fingerprint density at radius 2 is 1.76 bits per heavy atom. The van der Waals surface area contributed by atoms with Crippen molar-refractivity contribution in [3.8, 4) is 0 Å². The van der Waals surface area contributed by atoms with Crippen molar-refractivity contribution in [1.82, 2.24) is 9.55 Å². The van der Waals surface area contributed by atoms with Crippen molar-refractivity contribution in [3.05, 3.63) is 126 Å². The number of fused-ring (bicyclic) bond motifs is 1. The van der Waals surface area contributed by atoms with E-state index in [2.05, 4.69) is 15.3 Å². The van der Waals surface area contributed by atoms with Crippen LogP contribution >= 0.6 is 22.9 Å². The number of carbonyl (C=O) groups excluding carboxylic acids is 1. The topological polar surface area (TPSA) is 76.3 Å². The molecule has 34 heavy (non-hydrogen) atoms. The fourth-order valence-electron chi connectivity index (χ4n) is 3.90. The first-order valence-electron chi connectivity index (χ1n) is 10.6. The molecule has 0 unspecified atom stereocenters. The summed E-state index contributed by atoms with van der Waals surface area (Å²) in [5.41, 5.74) is 3.06. The molecule has 0 radical (unpaired) electrons. The van der Waals surface area contributed by atoms with Crippen molar-refractivity contribution in [2.75, 3.05) is 5.32 Å². The first-order chi connectivity index (χ1) is 16.5. The van der Waals surface area contributed by atoms with E-state index in [-0.39, 0.29) is 11.5 Å². The fourth-order valence-corrected chi connectivity index (χ4v) is 5.08. The van der Waals surface area contributed by atoms with Crippen LogP contribution in [0, 0.1) is 0 Å². The van der Waals surface area contributed by atoms with Gasteiger partial charge in [-0.05, 0) is 60.5 Å². The number of anilines is 1. The Balaban J connectivity index is 1.68. The average Bonchev–Trinajstić information content (AvgIpc) is 3.14. The van der Waals surface area contributed by atoms with Gasteiger partial charge in [-0.2, -0.15) is 0 Å². The molecule has 1 atom stereocenters. The molecule has 0 fully saturated rings. The molecule has 1 aliphatic heterocycles. The highest BCUT2D eigenvalue weighted by atomic mass is 35.5. The minimum atomic E-state index is -0.642. The van der Waals surface area contributed by atoms with Gasteiger partial charge in [0.1, 0.15) is 0 Å². The van der Waals surface area contributed by atoms with E-state index in [0.29, 0.717) is 31.3 Å². The molecule has 168 valence electrons. The smallest absolute Gasteiger partial charge is 0.271 e. The number of nitrogens with one attached hydrogen (secondary N) is 1. The van der Waals surface area contributed by atoms with Crippen LogP contribution in [-0.2, 0) is 4.79 Å². The van der Waals surface area contributed by atoms with E-state index in [1.54, 1.807) is 36.0 Å². The molecule has 1 amide bonds. The van der Waals surface area contributed by atoms with Crippen LogP contribution in [-0.4, -0.2) is 15.5 Å². The third-order valence-corrected chi connectivity index (χ3v) is 6.72. The Morgan fingerprint density at radius 3 is 2.47 bits per heavy atom. The third-order valence-electron chi connectivity index (χ3n) is 5.49. The van der Waals surface area contributed by atoms with Crippen molar-refractivity contribution in [1.29, 1.82) is 0 Å². The summed E-state index contributed by atoms with van der Waals surface area (Å²) in [6, 6.07) is 19.4. The molecule has 2 aromatic heterocycles. The lowest BCUT2D eigenvalue weighted by molar-refractivity contribution is -0.113. The summed E-state index contributed by atoms with van der Waals surface area (Å²) in [5, 5.41) is 3.51. The number of nitrogens with zero attached hydrogens (tertiary/aromatic N) is 3. The van der Waals surface area contributed by atoms with E-state index < -0.39 is 6.04 Å². The van der Waals surface area contributed by atoms with Crippen molar-refractivity contribution >= 4 is 40.6 Å². The molecular formula is C26H19ClN4O2S. The van der Waals surface area contributed by atoms with E-state index >= 15 is 0 Å². The Labute approximate surface area is 204 Å². The lowest BCUT2D eigenvalue weighted by Gasteiger charge is -2.25. The highest BCUT2D eigenvalue weighted by Crippen LogP contribution is 2.31. The van der Waals surface area contributed by atoms with Crippen LogP contribution < -0.4 is 20.2 Å². The SMILES string of the molecule is CC1=C(C(=O)Nc2ccccc2)[C@@H](c2ccc(Cl)cc2)n2c(s/c(=C\c3ccncc3)c2=O)=N1. The van der Waals surface area contributed by atoms with E-state index in [0.717, 1.165) is 11.1 Å². The lowest BCUT2D eigenvalue weighted by Crippen LogP contribution is -2.40. The summed E-state index contributed by atoms with van der Waals surface area (Å²) < 4.78 is 2.12. The van der Waals surface area contributed by atoms with Crippen LogP contribution in [0.15, 0.2) is 100 Å². The number of amides is 1. The quantitative estimate of drug-likeness (QED) is 0.475. The molecule has 1 N–H and O–H groups in total. The fraction of sp³-hybridized carbons (Fsp3) is 0.0769. The first-order valence-corrected chi connectivity index (χ1v) is 11.7. The molecule has 6 nitrogen and oxygen atoms in total. The number of para-hydroxylation sites is 1. The van der Waals surface area contributed by atoms with Crippen LogP contribution in [0.2, 0.25) is 5.02 Å². The van der Waals surface area contributed by atoms with Gasteiger partial charge in [-0.15, -0.1) is 0 Å². The standard InChI is InChI=1S/C26H19ClN4O2S/c1-16-22(24(32)30-20-5-3-2-4-6-20)23(18-7-9-19(27)10-8-18)31-25(33)21(34-26(31)29-16)15-17-11-13-28-14-12-17/h2-15,23H,1H3,(H,30,32)/b21-15-/t23-/m1/s1. The molecule has 5 rings (SSSR count). The number of halogens is 1. The largest absolute Gasteiger partial charge is 0.322 e. The normalized spacial score (nSPS) is 15.6. The Morgan fingerprint density at radius 1 is 1.06 bits per heavy atom. The number of allylic oxidation sites excluding steroid dienone is 1. The molecule has 3 heterocycles. The van der Waals surface area contributed by atoms with E-state index in [9.17, 15) is 9.59 Å². The van der Waals surface area contributed by atoms with Crippen LogP contribution in [0.25, 0.3) is 6.08 Å². The summed E-state index contributed by atoms with van der Waals surface area (Å²) in [5.74, 6) is -0.309. The molecule has 1 aliphatic rings. The predicted molar refractivity (Wildman–Crippen MR) is 135 cm³/mol. The van der Waals surface area contributed by atoms with Crippen molar-refractivity contribution < 1.29 is 4.79 Å². The summed E-state index contributed by atoms with van der Waals surface area (Å²) in [4.78, 5) is 36.3. The molecule has 8 heteroatoms. The zero-order valence-electron chi connectivity index (χ0n) is 18.1. The van der Waals surface area contributed by atoms with Gasteiger partial charge in [0.25, 0.3) is 11.5 Å². The number of rotatable bonds is 4. The molecule has 0 saturated heterocycles. The summed E-state index contributed by atoms with van der Waals surface area (Å²) >= 11 is 7.42. The Kier molecular flexibility index (Phi) is 5.96. The predicted octanol–water partition coefficient (Wildman–Crippen LogP) is 3.92. The summed E-state index contributed by atoms with van der Waals surface area (Å²) in [6.45, 7) is 1.79. The number of pyridine rings is 1. The second kappa shape index (κ2) is 9.21. The number of benzene rings is 2. The third kappa shape index (κ3) is 4.23.